The summed E-state index contributed by atoms with van der Waals surface area (Å²) in [6, 6.07) is 4.97. The number of guanidine groups is 1. The first-order chi connectivity index (χ1) is 12.0. The molecule has 1 aromatic rings. The van der Waals surface area contributed by atoms with Gasteiger partial charge in [-0.05, 0) is 38.0 Å². The highest BCUT2D eigenvalue weighted by Gasteiger charge is 2.30. The highest BCUT2D eigenvalue weighted by molar-refractivity contribution is 14.0. The smallest absolute Gasteiger partial charge is 0.382 e. The largest absolute Gasteiger partial charge is 0.416 e. The zero-order valence-corrected chi connectivity index (χ0v) is 17.3. The normalized spacial score (nSPS) is 11.2. The molecule has 26 heavy (non-hydrogen) atoms. The molecule has 1 aromatic carbocycles. The van der Waals surface area contributed by atoms with Crippen LogP contribution < -0.4 is 10.6 Å². The van der Waals surface area contributed by atoms with Gasteiger partial charge in [-0.2, -0.15) is 13.2 Å². The molecule has 0 aliphatic carbocycles. The Kier molecular flexibility index (Phi) is 12.9. The molecule has 0 saturated heterocycles. The van der Waals surface area contributed by atoms with Gasteiger partial charge in [0.1, 0.15) is 0 Å². The first-order valence-electron chi connectivity index (χ1n) is 8.15. The number of rotatable bonds is 7. The van der Waals surface area contributed by atoms with Crippen LogP contribution in [0.1, 0.15) is 30.9 Å². The van der Waals surface area contributed by atoms with E-state index in [1.165, 1.54) is 6.07 Å². The first kappa shape index (κ1) is 24.5. The minimum Gasteiger partial charge on any atom is -0.382 e. The molecule has 0 amide bonds. The summed E-state index contributed by atoms with van der Waals surface area (Å²) in [7, 11) is 1.65. The van der Waals surface area contributed by atoms with E-state index in [4.69, 9.17) is 4.74 Å². The fraction of sp³-hybridized carbons (Fsp3) is 0.500. The highest BCUT2D eigenvalue weighted by atomic mass is 127. The average molecular weight is 483 g/mol. The maximum atomic E-state index is 12.6. The second-order valence-electron chi connectivity index (χ2n) is 5.14. The molecule has 0 unspecified atom stereocenters. The molecule has 0 fully saturated rings. The quantitative estimate of drug-likeness (QED) is 0.205. The third-order valence-corrected chi connectivity index (χ3v) is 3.20. The number of benzene rings is 1. The summed E-state index contributed by atoms with van der Waals surface area (Å²) in [5.41, 5.74) is -0.368. The maximum Gasteiger partial charge on any atom is 0.416 e. The van der Waals surface area contributed by atoms with E-state index in [1.807, 2.05) is 6.92 Å². The molecule has 0 saturated carbocycles. The number of alkyl halides is 3. The van der Waals surface area contributed by atoms with Crippen molar-refractivity contribution in [3.05, 3.63) is 35.4 Å². The van der Waals surface area contributed by atoms with Gasteiger partial charge in [0.2, 0.25) is 0 Å². The predicted octanol–water partition coefficient (Wildman–Crippen LogP) is 3.66. The van der Waals surface area contributed by atoms with Crippen molar-refractivity contribution in [3.8, 4) is 11.8 Å². The minimum atomic E-state index is -4.36. The molecule has 2 N–H and O–H groups in total. The number of unbranched alkanes of at least 4 members (excludes halogenated alkanes) is 1. The van der Waals surface area contributed by atoms with Gasteiger partial charge >= 0.3 is 6.18 Å². The van der Waals surface area contributed by atoms with Crippen molar-refractivity contribution in [1.29, 1.82) is 0 Å². The Hall–Kier alpha value is -1.47. The predicted molar refractivity (Wildman–Crippen MR) is 109 cm³/mol. The van der Waals surface area contributed by atoms with Gasteiger partial charge in [0, 0.05) is 32.4 Å². The van der Waals surface area contributed by atoms with E-state index in [0.717, 1.165) is 44.7 Å². The molecule has 0 aliphatic rings. The van der Waals surface area contributed by atoms with Crippen molar-refractivity contribution in [2.75, 3.05) is 33.4 Å². The number of nitrogens with zero attached hydrogens (tertiary/aromatic N) is 1. The molecule has 0 heterocycles. The number of halogens is 4. The molecule has 0 atom stereocenters. The molecule has 4 nitrogen and oxygen atoms in total. The SMILES string of the molecule is CCOCCCCNC(=NC)NCC#Cc1cccc(C(F)(F)F)c1.I. The number of nitrogens with one attached hydrogen (secondary N) is 2. The Labute approximate surface area is 170 Å². The van der Waals surface area contributed by atoms with Crippen LogP contribution in [0.2, 0.25) is 0 Å². The Balaban J connectivity index is 0.00000625. The molecule has 146 valence electrons. The summed E-state index contributed by atoms with van der Waals surface area (Å²) in [5.74, 6) is 6.12. The standard InChI is InChI=1S/C18H24F3N3O.HI/c1-3-25-13-5-4-11-23-17(22-2)24-12-7-9-15-8-6-10-16(14-15)18(19,20)21;/h6,8,10,14H,3-5,11-13H2,1-2H3,(H2,22,23,24);1H. The third-order valence-electron chi connectivity index (χ3n) is 3.20. The van der Waals surface area contributed by atoms with Gasteiger partial charge in [0.25, 0.3) is 0 Å². The molecule has 0 bridgehead atoms. The van der Waals surface area contributed by atoms with Gasteiger partial charge in [-0.15, -0.1) is 24.0 Å². The van der Waals surface area contributed by atoms with Crippen molar-refractivity contribution >= 4 is 29.9 Å². The second-order valence-corrected chi connectivity index (χ2v) is 5.14. The van der Waals surface area contributed by atoms with Crippen LogP contribution in [-0.4, -0.2) is 39.3 Å². The van der Waals surface area contributed by atoms with E-state index < -0.39 is 11.7 Å². The fourth-order valence-electron chi connectivity index (χ4n) is 1.95. The summed E-state index contributed by atoms with van der Waals surface area (Å²) < 4.78 is 43.2. The van der Waals surface area contributed by atoms with Crippen LogP contribution in [0.4, 0.5) is 13.2 Å². The van der Waals surface area contributed by atoms with Crippen LogP contribution in [-0.2, 0) is 10.9 Å². The number of hydrogen-bond acceptors (Lipinski definition) is 2. The Morgan fingerprint density at radius 2 is 2.00 bits per heavy atom. The highest BCUT2D eigenvalue weighted by Crippen LogP contribution is 2.29. The Bertz CT molecular complexity index is 610. The molecule has 0 spiro atoms. The van der Waals surface area contributed by atoms with Crippen molar-refractivity contribution in [1.82, 2.24) is 10.6 Å². The van der Waals surface area contributed by atoms with E-state index in [-0.39, 0.29) is 30.5 Å². The van der Waals surface area contributed by atoms with E-state index in [1.54, 1.807) is 13.1 Å². The molecule has 0 aromatic heterocycles. The van der Waals surface area contributed by atoms with Crippen LogP contribution in [0.15, 0.2) is 29.3 Å². The van der Waals surface area contributed by atoms with Crippen LogP contribution in [0.3, 0.4) is 0 Å². The number of aliphatic imine (C=N–C) groups is 1. The lowest BCUT2D eigenvalue weighted by molar-refractivity contribution is -0.137. The van der Waals surface area contributed by atoms with Gasteiger partial charge < -0.3 is 15.4 Å². The van der Waals surface area contributed by atoms with Crippen molar-refractivity contribution < 1.29 is 17.9 Å². The van der Waals surface area contributed by atoms with Gasteiger partial charge in [0.15, 0.2) is 5.96 Å². The molecule has 0 radical (unpaired) electrons. The maximum absolute atomic E-state index is 12.6. The number of ether oxygens (including phenoxy) is 1. The van der Waals surface area contributed by atoms with Crippen LogP contribution >= 0.6 is 24.0 Å². The lowest BCUT2D eigenvalue weighted by Gasteiger charge is -2.09. The van der Waals surface area contributed by atoms with Crippen molar-refractivity contribution in [3.63, 3.8) is 0 Å². The molecular weight excluding hydrogens is 458 g/mol. The third kappa shape index (κ3) is 10.5. The van der Waals surface area contributed by atoms with E-state index in [9.17, 15) is 13.2 Å². The van der Waals surface area contributed by atoms with Crippen LogP contribution in [0.5, 0.6) is 0 Å². The summed E-state index contributed by atoms with van der Waals surface area (Å²) in [4.78, 5) is 4.06. The minimum absolute atomic E-state index is 0. The summed E-state index contributed by atoms with van der Waals surface area (Å²) in [6.07, 6.45) is -2.44. The topological polar surface area (TPSA) is 45.6 Å². The molecule has 0 aliphatic heterocycles. The van der Waals surface area contributed by atoms with Crippen molar-refractivity contribution in [2.45, 2.75) is 25.9 Å². The summed E-state index contributed by atoms with van der Waals surface area (Å²) >= 11 is 0. The van der Waals surface area contributed by atoms with E-state index in [2.05, 4.69) is 27.5 Å². The van der Waals surface area contributed by atoms with Gasteiger partial charge in [-0.25, -0.2) is 0 Å². The average Bonchev–Trinajstić information content (AvgIpc) is 2.59. The zero-order valence-electron chi connectivity index (χ0n) is 14.9. The first-order valence-corrected chi connectivity index (χ1v) is 8.15. The van der Waals surface area contributed by atoms with E-state index >= 15 is 0 Å². The summed E-state index contributed by atoms with van der Waals surface area (Å²) in [5, 5.41) is 6.14. The zero-order chi connectivity index (χ0) is 18.5. The number of hydrogen-bond donors (Lipinski definition) is 2. The second kappa shape index (κ2) is 13.7. The van der Waals surface area contributed by atoms with Crippen molar-refractivity contribution in [2.24, 2.45) is 4.99 Å². The molecule has 1 rings (SSSR count). The molecule has 8 heteroatoms. The lowest BCUT2D eigenvalue weighted by atomic mass is 10.1. The van der Waals surface area contributed by atoms with Crippen LogP contribution in [0, 0.1) is 11.8 Å². The fourth-order valence-corrected chi connectivity index (χ4v) is 1.95. The monoisotopic (exact) mass is 483 g/mol. The van der Waals surface area contributed by atoms with Gasteiger partial charge in [-0.1, -0.05) is 17.9 Å². The van der Waals surface area contributed by atoms with E-state index in [0.29, 0.717) is 11.5 Å². The van der Waals surface area contributed by atoms with Gasteiger partial charge in [-0.3, -0.25) is 4.99 Å². The Morgan fingerprint density at radius 1 is 1.23 bits per heavy atom. The molecular formula is C18H25F3IN3O. The Morgan fingerprint density at radius 3 is 2.65 bits per heavy atom. The lowest BCUT2D eigenvalue weighted by Crippen LogP contribution is -2.37. The van der Waals surface area contributed by atoms with Gasteiger partial charge in [0.05, 0.1) is 12.1 Å². The summed E-state index contributed by atoms with van der Waals surface area (Å²) in [6.45, 7) is 4.47. The van der Waals surface area contributed by atoms with Crippen LogP contribution in [0.25, 0.3) is 0 Å².